The van der Waals surface area contributed by atoms with Gasteiger partial charge in [-0.3, -0.25) is 9.59 Å². The molecule has 2 heterocycles. The van der Waals surface area contributed by atoms with Crippen molar-refractivity contribution < 1.29 is 18.0 Å². The van der Waals surface area contributed by atoms with E-state index in [1.807, 2.05) is 29.6 Å². The molecule has 34 heavy (non-hydrogen) atoms. The SMILES string of the molecule is CNS(=O)(=O)CCN(Cc1ccc(Cl)cc1)C(=O)C1(C)CCN1C(=O)c1csc2ccccc12. The lowest BCUT2D eigenvalue weighted by Gasteiger charge is -2.51. The van der Waals surface area contributed by atoms with Crippen LogP contribution in [0.5, 0.6) is 0 Å². The molecule has 0 radical (unpaired) electrons. The molecular formula is C24H26ClN3O4S2. The van der Waals surface area contributed by atoms with Crippen molar-refractivity contribution >= 4 is 54.9 Å². The van der Waals surface area contributed by atoms with Crippen LogP contribution in [0.15, 0.2) is 53.9 Å². The number of sulfonamides is 1. The number of rotatable bonds is 8. The minimum Gasteiger partial charge on any atom is -0.335 e. The Morgan fingerprint density at radius 3 is 2.53 bits per heavy atom. The molecule has 180 valence electrons. The lowest BCUT2D eigenvalue weighted by molar-refractivity contribution is -0.149. The van der Waals surface area contributed by atoms with E-state index < -0.39 is 15.6 Å². The van der Waals surface area contributed by atoms with E-state index in [4.69, 9.17) is 11.6 Å². The van der Waals surface area contributed by atoms with E-state index in [0.29, 0.717) is 23.6 Å². The summed E-state index contributed by atoms with van der Waals surface area (Å²) in [5.41, 5.74) is 0.362. The van der Waals surface area contributed by atoms with E-state index in [1.54, 1.807) is 36.1 Å². The third kappa shape index (κ3) is 4.84. The van der Waals surface area contributed by atoms with Gasteiger partial charge in [-0.15, -0.1) is 11.3 Å². The number of amides is 2. The molecule has 0 spiro atoms. The predicted octanol–water partition coefficient (Wildman–Crippen LogP) is 3.74. The van der Waals surface area contributed by atoms with Crippen LogP contribution in [-0.2, 0) is 21.4 Å². The first-order chi connectivity index (χ1) is 16.1. The van der Waals surface area contributed by atoms with Crippen LogP contribution >= 0.6 is 22.9 Å². The number of nitrogens with one attached hydrogen (secondary N) is 1. The zero-order valence-corrected chi connectivity index (χ0v) is 21.3. The lowest BCUT2D eigenvalue weighted by Crippen LogP contribution is -2.68. The van der Waals surface area contributed by atoms with Crippen LogP contribution in [0.25, 0.3) is 10.1 Å². The number of benzene rings is 2. The Balaban J connectivity index is 1.59. The van der Waals surface area contributed by atoms with E-state index in [2.05, 4.69) is 4.72 Å². The molecule has 0 aliphatic carbocycles. The minimum atomic E-state index is -3.52. The maximum atomic E-state index is 13.8. The summed E-state index contributed by atoms with van der Waals surface area (Å²) in [5.74, 6) is -0.691. The number of thiophene rings is 1. The molecule has 7 nitrogen and oxygen atoms in total. The number of carbonyl (C=O) groups is 2. The number of likely N-dealkylation sites (tertiary alicyclic amines) is 1. The maximum Gasteiger partial charge on any atom is 0.256 e. The molecule has 1 N–H and O–H groups in total. The number of hydrogen-bond donors (Lipinski definition) is 1. The van der Waals surface area contributed by atoms with Gasteiger partial charge in [-0.05, 0) is 44.2 Å². The van der Waals surface area contributed by atoms with Gasteiger partial charge in [0, 0.05) is 40.1 Å². The smallest absolute Gasteiger partial charge is 0.256 e. The Morgan fingerprint density at radius 1 is 1.18 bits per heavy atom. The number of nitrogens with zero attached hydrogens (tertiary/aromatic N) is 2. The van der Waals surface area contributed by atoms with E-state index in [-0.39, 0.29) is 30.7 Å². The fourth-order valence-corrected chi connectivity index (χ4v) is 5.86. The Morgan fingerprint density at radius 2 is 1.88 bits per heavy atom. The van der Waals surface area contributed by atoms with Gasteiger partial charge < -0.3 is 9.80 Å². The van der Waals surface area contributed by atoms with Crippen molar-refractivity contribution in [2.45, 2.75) is 25.4 Å². The first kappa shape index (κ1) is 24.7. The number of halogens is 1. The highest BCUT2D eigenvalue weighted by atomic mass is 35.5. The van der Waals surface area contributed by atoms with Crippen LogP contribution < -0.4 is 4.72 Å². The molecule has 1 atom stereocenters. The van der Waals surface area contributed by atoms with E-state index in [0.717, 1.165) is 15.6 Å². The minimum absolute atomic E-state index is 0.00361. The second-order valence-corrected chi connectivity index (χ2v) is 11.9. The molecule has 2 aromatic carbocycles. The van der Waals surface area contributed by atoms with Crippen molar-refractivity contribution in [3.63, 3.8) is 0 Å². The summed E-state index contributed by atoms with van der Waals surface area (Å²) in [5, 5.41) is 3.28. The molecule has 3 aromatic rings. The Bertz CT molecular complexity index is 1320. The molecule has 2 amide bonds. The Labute approximate surface area is 208 Å². The summed E-state index contributed by atoms with van der Waals surface area (Å²) in [4.78, 5) is 30.3. The van der Waals surface area contributed by atoms with Gasteiger partial charge in [-0.1, -0.05) is 41.9 Å². The normalized spacial score (nSPS) is 18.0. The molecule has 4 rings (SSSR count). The first-order valence-corrected chi connectivity index (χ1v) is 13.8. The van der Waals surface area contributed by atoms with Crippen molar-refractivity contribution in [2.24, 2.45) is 0 Å². The Kier molecular flexibility index (Phi) is 7.00. The molecule has 1 aliphatic rings. The highest BCUT2D eigenvalue weighted by Crippen LogP contribution is 2.36. The summed E-state index contributed by atoms with van der Waals surface area (Å²) in [6.07, 6.45) is 0.509. The van der Waals surface area contributed by atoms with Crippen molar-refractivity contribution in [3.05, 3.63) is 70.1 Å². The summed E-state index contributed by atoms with van der Waals surface area (Å²) >= 11 is 7.49. The molecule has 1 unspecified atom stereocenters. The van der Waals surface area contributed by atoms with Crippen molar-refractivity contribution in [2.75, 3.05) is 25.9 Å². The van der Waals surface area contributed by atoms with Crippen molar-refractivity contribution in [1.82, 2.24) is 14.5 Å². The average Bonchev–Trinajstić information content (AvgIpc) is 3.25. The number of fused-ring (bicyclic) bond motifs is 1. The second kappa shape index (κ2) is 9.65. The Hall–Kier alpha value is -2.46. The molecule has 1 saturated heterocycles. The third-order valence-corrected chi connectivity index (χ3v) is 8.91. The number of carbonyl (C=O) groups excluding carboxylic acids is 2. The molecule has 1 aromatic heterocycles. The highest BCUT2D eigenvalue weighted by Gasteiger charge is 2.51. The molecule has 0 bridgehead atoms. The first-order valence-electron chi connectivity index (χ1n) is 10.9. The summed E-state index contributed by atoms with van der Waals surface area (Å²) < 4.78 is 27.5. The van der Waals surface area contributed by atoms with E-state index >= 15 is 0 Å². The number of hydrogen-bond acceptors (Lipinski definition) is 5. The quantitative estimate of drug-likeness (QED) is 0.491. The van der Waals surface area contributed by atoms with Crippen molar-refractivity contribution in [1.29, 1.82) is 0 Å². The van der Waals surface area contributed by atoms with Gasteiger partial charge in [0.2, 0.25) is 15.9 Å². The van der Waals surface area contributed by atoms with Crippen LogP contribution in [0.2, 0.25) is 5.02 Å². The van der Waals surface area contributed by atoms with Gasteiger partial charge in [0.05, 0.1) is 11.3 Å². The summed E-state index contributed by atoms with van der Waals surface area (Å²) in [6.45, 7) is 2.44. The topological polar surface area (TPSA) is 86.8 Å². The molecule has 0 saturated carbocycles. The van der Waals surface area contributed by atoms with Crippen LogP contribution in [0.1, 0.15) is 29.3 Å². The monoisotopic (exact) mass is 519 g/mol. The standard InChI is InChI=1S/C24H26ClN3O4S2/c1-24(11-12-28(24)22(29)20-16-33-21-6-4-3-5-19(20)21)23(30)27(13-14-34(31,32)26-2)15-17-7-9-18(25)10-8-17/h3-10,16,26H,11-15H2,1-2H3. The van der Waals surface area contributed by atoms with Crippen LogP contribution in [-0.4, -0.2) is 61.5 Å². The van der Waals surface area contributed by atoms with E-state index in [9.17, 15) is 18.0 Å². The van der Waals surface area contributed by atoms with Crippen molar-refractivity contribution in [3.8, 4) is 0 Å². The van der Waals surface area contributed by atoms with Crippen LogP contribution in [0.4, 0.5) is 0 Å². The second-order valence-electron chi connectivity index (χ2n) is 8.50. The van der Waals surface area contributed by atoms with Gasteiger partial charge >= 0.3 is 0 Å². The zero-order valence-electron chi connectivity index (χ0n) is 19.0. The van der Waals surface area contributed by atoms with Gasteiger partial charge in [0.25, 0.3) is 5.91 Å². The van der Waals surface area contributed by atoms with Gasteiger partial charge in [-0.2, -0.15) is 0 Å². The fraction of sp³-hybridized carbons (Fsp3) is 0.333. The molecule has 10 heteroatoms. The van der Waals surface area contributed by atoms with E-state index in [1.165, 1.54) is 23.3 Å². The van der Waals surface area contributed by atoms with Gasteiger partial charge in [-0.25, -0.2) is 13.1 Å². The molecule has 1 fully saturated rings. The fourth-order valence-electron chi connectivity index (χ4n) is 4.13. The van der Waals surface area contributed by atoms with Crippen LogP contribution in [0.3, 0.4) is 0 Å². The van der Waals surface area contributed by atoms with Gasteiger partial charge in [0.15, 0.2) is 0 Å². The van der Waals surface area contributed by atoms with Crippen LogP contribution in [0, 0.1) is 0 Å². The zero-order chi connectivity index (χ0) is 24.5. The average molecular weight is 520 g/mol. The molecule has 1 aliphatic heterocycles. The predicted molar refractivity (Wildman–Crippen MR) is 136 cm³/mol. The molecular weight excluding hydrogens is 494 g/mol. The maximum absolute atomic E-state index is 13.8. The highest BCUT2D eigenvalue weighted by molar-refractivity contribution is 7.89. The lowest BCUT2D eigenvalue weighted by atomic mass is 9.84. The summed E-state index contributed by atoms with van der Waals surface area (Å²) in [7, 11) is -2.17. The third-order valence-electron chi connectivity index (χ3n) is 6.35. The summed E-state index contributed by atoms with van der Waals surface area (Å²) in [6, 6.07) is 14.8. The van der Waals surface area contributed by atoms with Gasteiger partial charge in [0.1, 0.15) is 5.54 Å². The largest absolute Gasteiger partial charge is 0.335 e.